The Morgan fingerprint density at radius 3 is 3.17 bits per heavy atom. The number of hydrogen-bond donors (Lipinski definition) is 1. The van der Waals surface area contributed by atoms with E-state index in [0.29, 0.717) is 11.3 Å². The molecule has 2 heterocycles. The van der Waals surface area contributed by atoms with Gasteiger partial charge in [-0.15, -0.1) is 0 Å². The maximum atomic E-state index is 9.51. The van der Waals surface area contributed by atoms with Crippen LogP contribution in [-0.4, -0.2) is 23.2 Å². The molecular formula is C17H15ClN4OS. The van der Waals surface area contributed by atoms with Crippen molar-refractivity contribution in [3.8, 4) is 6.07 Å². The van der Waals surface area contributed by atoms with E-state index >= 15 is 0 Å². The molecule has 0 bridgehead atoms. The van der Waals surface area contributed by atoms with Crippen LogP contribution in [-0.2, 0) is 4.74 Å². The van der Waals surface area contributed by atoms with Crippen molar-refractivity contribution in [2.24, 2.45) is 0 Å². The lowest BCUT2D eigenvalue weighted by Gasteiger charge is -2.09. The topological polar surface area (TPSA) is 70.8 Å². The van der Waals surface area contributed by atoms with E-state index in [-0.39, 0.29) is 11.4 Å². The van der Waals surface area contributed by atoms with Crippen molar-refractivity contribution in [1.29, 1.82) is 5.26 Å². The molecule has 1 aliphatic carbocycles. The largest absolute Gasteiger partial charge is 0.377 e. The van der Waals surface area contributed by atoms with Crippen molar-refractivity contribution < 1.29 is 4.74 Å². The van der Waals surface area contributed by atoms with Gasteiger partial charge in [-0.3, -0.25) is 0 Å². The third-order valence-electron chi connectivity index (χ3n) is 3.70. The van der Waals surface area contributed by atoms with E-state index in [1.165, 1.54) is 17.3 Å². The molecule has 0 fully saturated rings. The van der Waals surface area contributed by atoms with E-state index in [1.807, 2.05) is 5.41 Å². The van der Waals surface area contributed by atoms with Crippen LogP contribution in [0.1, 0.15) is 18.5 Å². The minimum Gasteiger partial charge on any atom is -0.377 e. The predicted octanol–water partition coefficient (Wildman–Crippen LogP) is 3.79. The molecule has 1 unspecified atom stereocenters. The van der Waals surface area contributed by atoms with Gasteiger partial charge in [-0.25, -0.2) is 9.97 Å². The third kappa shape index (κ3) is 3.70. The Labute approximate surface area is 149 Å². The number of hydrogen-bond acceptors (Lipinski definition) is 6. The number of methoxy groups -OCH3 is 1. The average molecular weight is 359 g/mol. The van der Waals surface area contributed by atoms with Gasteiger partial charge in [-0.1, -0.05) is 30.0 Å². The molecular weight excluding hydrogens is 344 g/mol. The Bertz CT molecular complexity index is 807. The van der Waals surface area contributed by atoms with Crippen LogP contribution in [0.3, 0.4) is 0 Å². The maximum absolute atomic E-state index is 9.51. The van der Waals surface area contributed by atoms with Gasteiger partial charge >= 0.3 is 0 Å². The highest BCUT2D eigenvalue weighted by Gasteiger charge is 2.20. The summed E-state index contributed by atoms with van der Waals surface area (Å²) in [5.74, 6) is 0. The van der Waals surface area contributed by atoms with Crippen LogP contribution in [0.5, 0.6) is 0 Å². The third-order valence-corrected chi connectivity index (χ3v) is 4.78. The van der Waals surface area contributed by atoms with Crippen LogP contribution in [0.25, 0.3) is 5.57 Å². The Kier molecular flexibility index (Phi) is 5.36. The van der Waals surface area contributed by atoms with E-state index in [0.717, 1.165) is 23.6 Å². The molecule has 0 radical (unpaired) electrons. The van der Waals surface area contributed by atoms with E-state index in [1.54, 1.807) is 19.4 Å². The van der Waals surface area contributed by atoms with Crippen LogP contribution in [0.2, 0.25) is 5.28 Å². The summed E-state index contributed by atoms with van der Waals surface area (Å²) in [5.41, 5.74) is 3.15. The zero-order valence-corrected chi connectivity index (χ0v) is 14.6. The molecule has 24 heavy (non-hydrogen) atoms. The smallest absolute Gasteiger partial charge is 0.222 e. The van der Waals surface area contributed by atoms with Gasteiger partial charge in [-0.05, 0) is 36.1 Å². The van der Waals surface area contributed by atoms with E-state index in [9.17, 15) is 5.26 Å². The Morgan fingerprint density at radius 1 is 1.54 bits per heavy atom. The number of nitriles is 1. The van der Waals surface area contributed by atoms with Gasteiger partial charge in [0.25, 0.3) is 0 Å². The fourth-order valence-corrected chi connectivity index (χ4v) is 3.47. The predicted molar refractivity (Wildman–Crippen MR) is 95.6 cm³/mol. The number of halogens is 1. The Hall–Kier alpha value is -2.07. The van der Waals surface area contributed by atoms with Gasteiger partial charge in [0.15, 0.2) is 0 Å². The first-order valence-corrected chi connectivity index (χ1v) is 8.63. The fourth-order valence-electron chi connectivity index (χ4n) is 2.44. The van der Waals surface area contributed by atoms with E-state index in [4.69, 9.17) is 16.3 Å². The molecule has 1 aromatic rings. The first kappa shape index (κ1) is 16.8. The molecule has 1 N–H and O–H groups in total. The number of aromatic nitrogens is 2. The molecule has 0 aromatic carbocycles. The zero-order chi connectivity index (χ0) is 16.9. The summed E-state index contributed by atoms with van der Waals surface area (Å²) in [6.45, 7) is 0. The number of ether oxygens (including phenoxy) is 1. The highest BCUT2D eigenvalue weighted by atomic mass is 35.5. The quantitative estimate of drug-likeness (QED) is 0.503. The second kappa shape index (κ2) is 7.67. The van der Waals surface area contributed by atoms with E-state index < -0.39 is 0 Å². The molecule has 0 saturated carbocycles. The van der Waals surface area contributed by atoms with Crippen molar-refractivity contribution in [1.82, 2.24) is 15.3 Å². The SMILES string of the molecule is COC1C=CCC(C2=CS/C(=C(/C#N)c3ccnc(Cl)n3)N2)=CC1. The standard InChI is InChI=1S/C17H15ClN4OS/c1-23-12-4-2-3-11(5-6-12)15-10-24-16(21-15)13(9-19)14-7-8-20-17(18)22-14/h2,4-5,7-8,10,12,21H,3,6H2,1H3/b16-13-. The number of allylic oxidation sites excluding steroid dienone is 3. The van der Waals surface area contributed by atoms with Crippen LogP contribution in [0.4, 0.5) is 0 Å². The van der Waals surface area contributed by atoms with Crippen molar-refractivity contribution in [2.75, 3.05) is 7.11 Å². The minimum absolute atomic E-state index is 0.116. The summed E-state index contributed by atoms with van der Waals surface area (Å²) in [4.78, 5) is 7.97. The molecule has 1 aliphatic heterocycles. The number of thioether (sulfide) groups is 1. The monoisotopic (exact) mass is 358 g/mol. The Morgan fingerprint density at radius 2 is 2.42 bits per heavy atom. The van der Waals surface area contributed by atoms with Crippen LogP contribution in [0, 0.1) is 11.3 Å². The molecule has 122 valence electrons. The second-order valence-electron chi connectivity index (χ2n) is 5.17. The number of nitrogens with one attached hydrogen (secondary N) is 1. The first-order chi connectivity index (χ1) is 11.7. The van der Waals surface area contributed by atoms with Gasteiger partial charge in [0.2, 0.25) is 5.28 Å². The molecule has 0 amide bonds. The highest BCUT2D eigenvalue weighted by molar-refractivity contribution is 8.06. The van der Waals surface area contributed by atoms with Crippen LogP contribution in [0.15, 0.2) is 52.2 Å². The van der Waals surface area contributed by atoms with Gasteiger partial charge < -0.3 is 10.1 Å². The number of rotatable bonds is 3. The molecule has 2 aliphatic rings. The minimum atomic E-state index is 0.116. The molecule has 0 spiro atoms. The Balaban J connectivity index is 1.82. The normalized spacial score (nSPS) is 22.1. The van der Waals surface area contributed by atoms with Gasteiger partial charge in [0, 0.05) is 24.4 Å². The van der Waals surface area contributed by atoms with Crippen molar-refractivity contribution in [2.45, 2.75) is 18.9 Å². The first-order valence-electron chi connectivity index (χ1n) is 7.37. The highest BCUT2D eigenvalue weighted by Crippen LogP contribution is 2.35. The molecule has 7 heteroatoms. The fraction of sp³-hybridized carbons (Fsp3) is 0.235. The van der Waals surface area contributed by atoms with Crippen molar-refractivity contribution >= 4 is 28.9 Å². The summed E-state index contributed by atoms with van der Waals surface area (Å²) < 4.78 is 5.37. The zero-order valence-electron chi connectivity index (χ0n) is 13.0. The summed E-state index contributed by atoms with van der Waals surface area (Å²) in [6, 6.07) is 3.88. The van der Waals surface area contributed by atoms with Crippen molar-refractivity contribution in [3.05, 3.63) is 63.2 Å². The lowest BCUT2D eigenvalue weighted by atomic mass is 10.1. The van der Waals surface area contributed by atoms with Gasteiger partial charge in [0.05, 0.1) is 16.8 Å². The second-order valence-corrected chi connectivity index (χ2v) is 6.39. The maximum Gasteiger partial charge on any atom is 0.222 e. The number of nitrogens with zero attached hydrogens (tertiary/aromatic N) is 3. The van der Waals surface area contributed by atoms with Crippen molar-refractivity contribution in [3.63, 3.8) is 0 Å². The van der Waals surface area contributed by atoms with Gasteiger partial charge in [-0.2, -0.15) is 5.26 Å². The van der Waals surface area contributed by atoms with E-state index in [2.05, 4.69) is 39.6 Å². The summed E-state index contributed by atoms with van der Waals surface area (Å²) >= 11 is 7.30. The van der Waals surface area contributed by atoms with Gasteiger partial charge in [0.1, 0.15) is 11.6 Å². The molecule has 1 atom stereocenters. The van der Waals surface area contributed by atoms with Crippen LogP contribution >= 0.6 is 23.4 Å². The molecule has 1 aromatic heterocycles. The molecule has 5 nitrogen and oxygen atoms in total. The molecule has 0 saturated heterocycles. The lowest BCUT2D eigenvalue weighted by molar-refractivity contribution is 0.144. The summed E-state index contributed by atoms with van der Waals surface area (Å²) in [6.07, 6.45) is 9.67. The lowest BCUT2D eigenvalue weighted by Crippen LogP contribution is -2.10. The molecule has 3 rings (SSSR count). The summed E-state index contributed by atoms with van der Waals surface area (Å²) in [7, 11) is 1.71. The van der Waals surface area contributed by atoms with Crippen LogP contribution < -0.4 is 5.32 Å². The summed E-state index contributed by atoms with van der Waals surface area (Å²) in [5, 5.41) is 15.7. The average Bonchev–Trinajstić information content (AvgIpc) is 2.93.